The Kier molecular flexibility index (Phi) is 8.22. The van der Waals surface area contributed by atoms with Crippen molar-refractivity contribution >= 4 is 11.9 Å². The first-order chi connectivity index (χ1) is 7.20. The molecular weight excluding hydrogens is 196 g/mol. The average molecular weight is 212 g/mol. The maximum atomic E-state index is 11.0. The molecule has 5 nitrogen and oxygen atoms in total. The summed E-state index contributed by atoms with van der Waals surface area (Å²) in [5.74, 6) is -1.19. The first kappa shape index (κ1) is 13.5. The van der Waals surface area contributed by atoms with Crippen LogP contribution in [0.1, 0.15) is 0 Å². The lowest BCUT2D eigenvalue weighted by atomic mass is 10.5. The molecule has 15 heavy (non-hydrogen) atoms. The number of carbonyl (C=O) groups excluding carboxylic acids is 2. The molecule has 0 radical (unpaired) electrons. The minimum absolute atomic E-state index is 0.000775. The van der Waals surface area contributed by atoms with Gasteiger partial charge < -0.3 is 15.4 Å². The van der Waals surface area contributed by atoms with Gasteiger partial charge in [0.1, 0.15) is 0 Å². The van der Waals surface area contributed by atoms with Gasteiger partial charge in [0, 0.05) is 13.1 Å². The smallest absolute Gasteiger partial charge is 0.327 e. The number of carbonyl (C=O) groups is 2. The largest absolute Gasteiger partial charge is 0.391 e. The van der Waals surface area contributed by atoms with Gasteiger partial charge in [-0.25, -0.2) is 0 Å². The normalized spacial score (nSPS) is 9.33. The fourth-order valence-corrected chi connectivity index (χ4v) is 0.752. The summed E-state index contributed by atoms with van der Waals surface area (Å²) < 4.78 is 4.47. The highest BCUT2D eigenvalue weighted by Gasteiger charge is 2.08. The summed E-state index contributed by atoms with van der Waals surface area (Å²) in [5.41, 5.74) is 0. The van der Waals surface area contributed by atoms with Crippen molar-refractivity contribution in [1.82, 2.24) is 10.6 Å². The van der Waals surface area contributed by atoms with Gasteiger partial charge in [-0.3, -0.25) is 9.59 Å². The number of esters is 2. The lowest BCUT2D eigenvalue weighted by Crippen LogP contribution is -2.31. The van der Waals surface area contributed by atoms with Gasteiger partial charge in [-0.1, -0.05) is 12.2 Å². The van der Waals surface area contributed by atoms with Crippen LogP contribution in [0.4, 0.5) is 0 Å². The van der Waals surface area contributed by atoms with Crippen LogP contribution in [0.25, 0.3) is 0 Å². The van der Waals surface area contributed by atoms with Crippen molar-refractivity contribution in [3.05, 3.63) is 25.3 Å². The molecule has 0 rings (SSSR count). The molecule has 0 amide bonds. The quantitative estimate of drug-likeness (QED) is 0.248. The molecule has 0 unspecified atom stereocenters. The number of ether oxygens (including phenoxy) is 1. The van der Waals surface area contributed by atoms with Crippen molar-refractivity contribution in [1.29, 1.82) is 0 Å². The Morgan fingerprint density at radius 1 is 1.00 bits per heavy atom. The van der Waals surface area contributed by atoms with E-state index in [-0.39, 0.29) is 13.1 Å². The van der Waals surface area contributed by atoms with Gasteiger partial charge in [-0.15, -0.1) is 13.2 Å². The third-order valence-electron chi connectivity index (χ3n) is 1.34. The minimum atomic E-state index is -0.595. The van der Waals surface area contributed by atoms with E-state index >= 15 is 0 Å². The highest BCUT2D eigenvalue weighted by Crippen LogP contribution is 1.79. The standard InChI is InChI=1S/C10H16N2O3/c1-3-5-11-7-9(13)15-10(14)8-12-6-4-2/h3-4,11-12H,1-2,5-8H2. The molecule has 0 aliphatic rings. The van der Waals surface area contributed by atoms with Gasteiger partial charge in [0.25, 0.3) is 0 Å². The van der Waals surface area contributed by atoms with E-state index in [1.807, 2.05) is 0 Å². The van der Waals surface area contributed by atoms with Crippen LogP contribution in [0, 0.1) is 0 Å². The van der Waals surface area contributed by atoms with Crippen LogP contribution in [0.3, 0.4) is 0 Å². The molecule has 0 saturated carbocycles. The van der Waals surface area contributed by atoms with Crippen molar-refractivity contribution in [2.24, 2.45) is 0 Å². The zero-order valence-corrected chi connectivity index (χ0v) is 8.62. The fraction of sp³-hybridized carbons (Fsp3) is 0.400. The van der Waals surface area contributed by atoms with E-state index in [1.54, 1.807) is 12.2 Å². The Labute approximate surface area is 89.2 Å². The molecule has 0 atom stereocenters. The Morgan fingerprint density at radius 3 is 1.73 bits per heavy atom. The second-order valence-corrected chi connectivity index (χ2v) is 2.69. The van der Waals surface area contributed by atoms with Crippen molar-refractivity contribution in [2.75, 3.05) is 26.2 Å². The van der Waals surface area contributed by atoms with Crippen molar-refractivity contribution in [2.45, 2.75) is 0 Å². The molecule has 0 saturated heterocycles. The van der Waals surface area contributed by atoms with Crippen LogP contribution >= 0.6 is 0 Å². The summed E-state index contributed by atoms with van der Waals surface area (Å²) in [6, 6.07) is 0. The molecule has 0 aromatic carbocycles. The van der Waals surface area contributed by atoms with E-state index in [0.717, 1.165) is 0 Å². The minimum Gasteiger partial charge on any atom is -0.391 e. The van der Waals surface area contributed by atoms with Gasteiger partial charge in [0.15, 0.2) is 0 Å². The molecule has 0 spiro atoms. The van der Waals surface area contributed by atoms with Gasteiger partial charge in [0.2, 0.25) is 0 Å². The Hall–Kier alpha value is -1.46. The zero-order valence-electron chi connectivity index (χ0n) is 8.62. The predicted molar refractivity (Wildman–Crippen MR) is 57.2 cm³/mol. The van der Waals surface area contributed by atoms with E-state index in [0.29, 0.717) is 13.1 Å². The van der Waals surface area contributed by atoms with Crippen molar-refractivity contribution < 1.29 is 14.3 Å². The Morgan fingerprint density at radius 2 is 1.40 bits per heavy atom. The summed E-state index contributed by atoms with van der Waals surface area (Å²) in [5, 5.41) is 5.45. The zero-order chi connectivity index (χ0) is 11.5. The maximum absolute atomic E-state index is 11.0. The molecule has 0 aliphatic heterocycles. The van der Waals surface area contributed by atoms with Crippen LogP contribution in [0.15, 0.2) is 25.3 Å². The highest BCUT2D eigenvalue weighted by molar-refractivity contribution is 5.87. The summed E-state index contributed by atoms with van der Waals surface area (Å²) in [6.07, 6.45) is 3.22. The second kappa shape index (κ2) is 9.11. The molecule has 5 heteroatoms. The van der Waals surface area contributed by atoms with E-state index in [1.165, 1.54) is 0 Å². The van der Waals surface area contributed by atoms with Gasteiger partial charge in [0.05, 0.1) is 13.1 Å². The number of rotatable bonds is 8. The van der Waals surface area contributed by atoms with E-state index < -0.39 is 11.9 Å². The lowest BCUT2D eigenvalue weighted by Gasteiger charge is -2.03. The molecule has 0 fully saturated rings. The molecule has 0 bridgehead atoms. The number of hydrogen-bond acceptors (Lipinski definition) is 5. The van der Waals surface area contributed by atoms with Crippen LogP contribution in [0.2, 0.25) is 0 Å². The first-order valence-corrected chi connectivity index (χ1v) is 4.57. The SMILES string of the molecule is C=CCNCC(=O)OC(=O)CNCC=C. The molecule has 84 valence electrons. The molecule has 0 aromatic rings. The topological polar surface area (TPSA) is 67.4 Å². The predicted octanol–water partition coefficient (Wildman–Crippen LogP) is -0.393. The van der Waals surface area contributed by atoms with E-state index in [9.17, 15) is 9.59 Å². The summed E-state index contributed by atoms with van der Waals surface area (Å²) in [6.45, 7) is 7.93. The number of hydrogen-bond donors (Lipinski definition) is 2. The molecular formula is C10H16N2O3. The average Bonchev–Trinajstić information content (AvgIpc) is 2.18. The van der Waals surface area contributed by atoms with Crippen LogP contribution in [-0.4, -0.2) is 38.1 Å². The third-order valence-corrected chi connectivity index (χ3v) is 1.34. The maximum Gasteiger partial charge on any atom is 0.327 e. The number of nitrogens with one attached hydrogen (secondary N) is 2. The Balaban J connectivity index is 3.52. The molecule has 0 aromatic heterocycles. The molecule has 2 N–H and O–H groups in total. The van der Waals surface area contributed by atoms with Gasteiger partial charge in [-0.05, 0) is 0 Å². The van der Waals surface area contributed by atoms with Gasteiger partial charge >= 0.3 is 11.9 Å². The van der Waals surface area contributed by atoms with Crippen LogP contribution < -0.4 is 10.6 Å². The van der Waals surface area contributed by atoms with Crippen molar-refractivity contribution in [3.63, 3.8) is 0 Å². The van der Waals surface area contributed by atoms with Gasteiger partial charge in [-0.2, -0.15) is 0 Å². The summed E-state index contributed by atoms with van der Waals surface area (Å²) >= 11 is 0. The molecule has 0 heterocycles. The highest BCUT2D eigenvalue weighted by atomic mass is 16.6. The first-order valence-electron chi connectivity index (χ1n) is 4.57. The monoisotopic (exact) mass is 212 g/mol. The third kappa shape index (κ3) is 8.86. The second-order valence-electron chi connectivity index (χ2n) is 2.69. The molecule has 0 aliphatic carbocycles. The van der Waals surface area contributed by atoms with E-state index in [2.05, 4.69) is 28.5 Å². The van der Waals surface area contributed by atoms with Crippen LogP contribution in [0.5, 0.6) is 0 Å². The van der Waals surface area contributed by atoms with Crippen molar-refractivity contribution in [3.8, 4) is 0 Å². The summed E-state index contributed by atoms with van der Waals surface area (Å²) in [7, 11) is 0. The lowest BCUT2D eigenvalue weighted by molar-refractivity contribution is -0.158. The Bertz CT molecular complexity index is 215. The van der Waals surface area contributed by atoms with E-state index in [4.69, 9.17) is 0 Å². The van der Waals surface area contributed by atoms with Crippen LogP contribution in [-0.2, 0) is 14.3 Å². The summed E-state index contributed by atoms with van der Waals surface area (Å²) in [4.78, 5) is 21.9. The fourth-order valence-electron chi connectivity index (χ4n) is 0.752.